The van der Waals surface area contributed by atoms with E-state index >= 15 is 4.57 Å². The summed E-state index contributed by atoms with van der Waals surface area (Å²) in [5.41, 5.74) is 5.67. The molecule has 0 radical (unpaired) electrons. The molecule has 1 heterocycles. The minimum atomic E-state index is -3.32. The van der Waals surface area contributed by atoms with Crippen LogP contribution in [0.1, 0.15) is 0 Å². The molecule has 1 aromatic heterocycles. The van der Waals surface area contributed by atoms with Gasteiger partial charge in [-0.25, -0.2) is 4.98 Å². The lowest BCUT2D eigenvalue weighted by Crippen LogP contribution is -2.26. The summed E-state index contributed by atoms with van der Waals surface area (Å²) in [6.45, 7) is 0. The van der Waals surface area contributed by atoms with Crippen LogP contribution in [0, 0.1) is 0 Å². The SMILES string of the molecule is O=P(c1ccccc1)(c1ccccc1)c1ccccc1-c1nc2cc(N(c3ccccc3)c3ccccc3)ccc2c2c1ccc1ccccc12. The Morgan fingerprint density at radius 3 is 1.61 bits per heavy atom. The first kappa shape index (κ1) is 30.8. The van der Waals surface area contributed by atoms with E-state index in [1.165, 1.54) is 0 Å². The van der Waals surface area contributed by atoms with Crippen molar-refractivity contribution in [2.45, 2.75) is 0 Å². The van der Waals surface area contributed by atoms with Crippen LogP contribution in [-0.4, -0.2) is 4.98 Å². The molecule has 0 N–H and O–H groups in total. The van der Waals surface area contributed by atoms with Crippen molar-refractivity contribution < 1.29 is 4.57 Å². The Labute approximate surface area is 297 Å². The van der Waals surface area contributed by atoms with Crippen molar-refractivity contribution in [1.82, 2.24) is 4.98 Å². The van der Waals surface area contributed by atoms with Crippen molar-refractivity contribution >= 4 is 72.6 Å². The zero-order valence-electron chi connectivity index (χ0n) is 27.8. The summed E-state index contributed by atoms with van der Waals surface area (Å²) in [6.07, 6.45) is 0. The second kappa shape index (κ2) is 12.9. The molecular formula is C47H33N2OP. The molecule has 0 saturated carbocycles. The average Bonchev–Trinajstić information content (AvgIpc) is 3.21. The van der Waals surface area contributed by atoms with Crippen LogP contribution in [0.4, 0.5) is 17.1 Å². The van der Waals surface area contributed by atoms with Crippen molar-refractivity contribution in [3.63, 3.8) is 0 Å². The number of anilines is 3. The minimum absolute atomic E-state index is 0.773. The molecule has 0 atom stereocenters. The van der Waals surface area contributed by atoms with Gasteiger partial charge in [0.05, 0.1) is 11.2 Å². The van der Waals surface area contributed by atoms with E-state index in [0.717, 1.165) is 76.7 Å². The molecule has 0 fully saturated rings. The van der Waals surface area contributed by atoms with E-state index in [1.807, 2.05) is 91.0 Å². The van der Waals surface area contributed by atoms with Gasteiger partial charge in [0.1, 0.15) is 0 Å². The van der Waals surface area contributed by atoms with E-state index in [0.29, 0.717) is 0 Å². The Kier molecular flexibility index (Phi) is 7.76. The number of pyridine rings is 1. The number of nitrogens with zero attached hydrogens (tertiary/aromatic N) is 2. The van der Waals surface area contributed by atoms with Crippen molar-refractivity contribution in [2.75, 3.05) is 4.90 Å². The van der Waals surface area contributed by atoms with Gasteiger partial charge in [0.15, 0.2) is 7.14 Å². The lowest BCUT2D eigenvalue weighted by atomic mass is 9.95. The molecule has 0 saturated heterocycles. The molecule has 0 amide bonds. The maximum atomic E-state index is 15.8. The molecule has 4 heteroatoms. The van der Waals surface area contributed by atoms with Crippen molar-refractivity contribution in [2.24, 2.45) is 0 Å². The van der Waals surface area contributed by atoms with E-state index in [9.17, 15) is 0 Å². The summed E-state index contributed by atoms with van der Waals surface area (Å²) < 4.78 is 15.8. The summed E-state index contributed by atoms with van der Waals surface area (Å²) in [5, 5.41) is 7.91. The highest BCUT2D eigenvalue weighted by atomic mass is 31.2. The van der Waals surface area contributed by atoms with Crippen LogP contribution < -0.4 is 20.8 Å². The van der Waals surface area contributed by atoms with Crippen molar-refractivity contribution in [1.29, 1.82) is 0 Å². The maximum absolute atomic E-state index is 15.8. The third-order valence-electron chi connectivity index (χ3n) is 9.69. The fourth-order valence-corrected chi connectivity index (χ4v) is 10.2. The van der Waals surface area contributed by atoms with Crippen molar-refractivity contribution in [3.8, 4) is 11.3 Å². The molecule has 51 heavy (non-hydrogen) atoms. The van der Waals surface area contributed by atoms with Crippen LogP contribution >= 0.6 is 7.14 Å². The molecule has 0 unspecified atom stereocenters. The third-order valence-corrected chi connectivity index (χ3v) is 12.8. The number of hydrogen-bond donors (Lipinski definition) is 0. The van der Waals surface area contributed by atoms with Gasteiger partial charge in [-0.15, -0.1) is 0 Å². The zero-order chi connectivity index (χ0) is 34.2. The van der Waals surface area contributed by atoms with Crippen molar-refractivity contribution in [3.05, 3.63) is 200 Å². The highest BCUT2D eigenvalue weighted by Crippen LogP contribution is 2.47. The summed E-state index contributed by atoms with van der Waals surface area (Å²) in [4.78, 5) is 7.79. The number of para-hydroxylation sites is 2. The van der Waals surface area contributed by atoms with E-state index in [1.54, 1.807) is 0 Å². The van der Waals surface area contributed by atoms with Crippen LogP contribution in [0.15, 0.2) is 200 Å². The number of benzene rings is 8. The van der Waals surface area contributed by atoms with Crippen LogP contribution in [0.3, 0.4) is 0 Å². The summed E-state index contributed by atoms with van der Waals surface area (Å²) in [5.74, 6) is 0. The highest BCUT2D eigenvalue weighted by Gasteiger charge is 2.33. The molecule has 9 rings (SSSR count). The van der Waals surface area contributed by atoms with Gasteiger partial charge in [-0.2, -0.15) is 0 Å². The van der Waals surface area contributed by atoms with Crippen LogP contribution in [0.2, 0.25) is 0 Å². The quantitative estimate of drug-likeness (QED) is 0.125. The molecule has 0 aliphatic carbocycles. The largest absolute Gasteiger partial charge is 0.310 e. The summed E-state index contributed by atoms with van der Waals surface area (Å²) in [7, 11) is -3.32. The van der Waals surface area contributed by atoms with Gasteiger partial charge in [0, 0.05) is 54.7 Å². The van der Waals surface area contributed by atoms with E-state index in [4.69, 9.17) is 4.98 Å². The number of hydrogen-bond acceptors (Lipinski definition) is 3. The second-order valence-electron chi connectivity index (χ2n) is 12.7. The standard InChI is InChI=1S/C47H33N2OP/c50-51(38-22-9-3-10-23-38,39-24-11-4-12-25-39)45-28-16-15-27-42(45)47-43-31-29-34-17-13-14-26-40(34)46(43)41-32-30-37(33-44(41)48-47)49(35-18-5-1-6-19-35)36-20-7-2-8-21-36/h1-33H. The first-order chi connectivity index (χ1) is 25.2. The van der Waals surface area contributed by atoms with Gasteiger partial charge >= 0.3 is 0 Å². The minimum Gasteiger partial charge on any atom is -0.310 e. The predicted molar refractivity (Wildman–Crippen MR) is 216 cm³/mol. The molecule has 9 aromatic rings. The molecule has 242 valence electrons. The van der Waals surface area contributed by atoms with Crippen LogP contribution in [0.25, 0.3) is 43.7 Å². The smallest absolute Gasteiger partial charge is 0.171 e. The Morgan fingerprint density at radius 1 is 0.431 bits per heavy atom. The Morgan fingerprint density at radius 2 is 0.961 bits per heavy atom. The summed E-state index contributed by atoms with van der Waals surface area (Å²) >= 11 is 0. The maximum Gasteiger partial charge on any atom is 0.171 e. The van der Waals surface area contributed by atoms with Crippen LogP contribution in [0.5, 0.6) is 0 Å². The molecule has 8 aromatic carbocycles. The molecule has 3 nitrogen and oxygen atoms in total. The predicted octanol–water partition coefficient (Wildman–Crippen LogP) is 11.3. The molecular weight excluding hydrogens is 640 g/mol. The van der Waals surface area contributed by atoms with Gasteiger partial charge in [0.25, 0.3) is 0 Å². The molecule has 0 spiro atoms. The third kappa shape index (κ3) is 5.31. The Hall–Kier alpha value is -6.28. The number of fused-ring (bicyclic) bond motifs is 5. The van der Waals surface area contributed by atoms with Crippen LogP contribution in [-0.2, 0) is 4.57 Å². The second-order valence-corrected chi connectivity index (χ2v) is 15.4. The monoisotopic (exact) mass is 672 g/mol. The fourth-order valence-electron chi connectivity index (χ4n) is 7.36. The topological polar surface area (TPSA) is 33.2 Å². The van der Waals surface area contributed by atoms with E-state index in [2.05, 4.69) is 114 Å². The van der Waals surface area contributed by atoms with E-state index < -0.39 is 7.14 Å². The first-order valence-corrected chi connectivity index (χ1v) is 18.9. The normalized spacial score (nSPS) is 11.6. The Balaban J connectivity index is 1.36. The van der Waals surface area contributed by atoms with E-state index in [-0.39, 0.29) is 0 Å². The Bertz CT molecular complexity index is 2630. The number of rotatable bonds is 7. The number of aromatic nitrogens is 1. The fraction of sp³-hybridized carbons (Fsp3) is 0. The zero-order valence-corrected chi connectivity index (χ0v) is 28.7. The van der Waals surface area contributed by atoms with Gasteiger partial charge in [0.2, 0.25) is 0 Å². The first-order valence-electron chi connectivity index (χ1n) is 17.2. The average molecular weight is 673 g/mol. The van der Waals surface area contributed by atoms with Gasteiger partial charge in [-0.3, -0.25) is 0 Å². The molecule has 0 aliphatic rings. The molecule has 0 aliphatic heterocycles. The lowest BCUT2D eigenvalue weighted by Gasteiger charge is -2.26. The summed E-state index contributed by atoms with van der Waals surface area (Å²) in [6, 6.07) is 68.2. The van der Waals surface area contributed by atoms with Gasteiger partial charge < -0.3 is 9.46 Å². The highest BCUT2D eigenvalue weighted by molar-refractivity contribution is 7.85. The van der Waals surface area contributed by atoms with Gasteiger partial charge in [-0.05, 0) is 47.2 Å². The lowest BCUT2D eigenvalue weighted by molar-refractivity contribution is 0.592. The van der Waals surface area contributed by atoms with Gasteiger partial charge in [-0.1, -0.05) is 164 Å². The molecule has 0 bridgehead atoms.